The summed E-state index contributed by atoms with van der Waals surface area (Å²) in [5, 5.41) is 9.63. The van der Waals surface area contributed by atoms with E-state index < -0.39 is 11.7 Å². The zero-order chi connectivity index (χ0) is 23.2. The second kappa shape index (κ2) is 10.3. The average Bonchev–Trinajstić information content (AvgIpc) is 3.44. The van der Waals surface area contributed by atoms with Crippen molar-refractivity contribution in [3.05, 3.63) is 76.4 Å². The van der Waals surface area contributed by atoms with Gasteiger partial charge >= 0.3 is 0 Å². The third-order valence-electron chi connectivity index (χ3n) is 4.44. The number of nitrogens with one attached hydrogen (secondary N) is 2. The van der Waals surface area contributed by atoms with Gasteiger partial charge in [-0.05, 0) is 43.3 Å². The predicted molar refractivity (Wildman–Crippen MR) is 128 cm³/mol. The van der Waals surface area contributed by atoms with Crippen LogP contribution in [-0.4, -0.2) is 28.4 Å². The smallest absolute Gasteiger partial charge is 0.260 e. The molecule has 2 aromatic heterocycles. The fourth-order valence-electron chi connectivity index (χ4n) is 2.94. The maximum Gasteiger partial charge on any atom is 0.260 e. The summed E-state index contributed by atoms with van der Waals surface area (Å²) in [5.74, 6) is -0.695. The van der Waals surface area contributed by atoms with Crippen LogP contribution in [0.2, 0.25) is 0 Å². The van der Waals surface area contributed by atoms with Crippen LogP contribution in [0.4, 0.5) is 14.7 Å². The van der Waals surface area contributed by atoms with Gasteiger partial charge < -0.3 is 10.1 Å². The number of benzene rings is 2. The number of amides is 2. The second-order valence-electron chi connectivity index (χ2n) is 6.80. The van der Waals surface area contributed by atoms with Gasteiger partial charge in [0.15, 0.2) is 10.3 Å². The van der Waals surface area contributed by atoms with Crippen LogP contribution in [0, 0.1) is 5.82 Å². The minimum atomic E-state index is -0.612. The Bertz CT molecular complexity index is 1270. The molecule has 4 rings (SSSR count). The normalized spacial score (nSPS) is 10.6. The summed E-state index contributed by atoms with van der Waals surface area (Å²) in [6.45, 7) is 2.53. The molecule has 33 heavy (non-hydrogen) atoms. The summed E-state index contributed by atoms with van der Waals surface area (Å²) in [6.07, 6.45) is 0.0179. The number of nitrogens with zero attached hydrogens (tertiary/aromatic N) is 2. The van der Waals surface area contributed by atoms with E-state index in [2.05, 4.69) is 20.6 Å². The fraction of sp³-hybridized carbons (Fsp3) is 0.130. The predicted octanol–water partition coefficient (Wildman–Crippen LogP) is 5.24. The molecular weight excluding hydrogens is 463 g/mol. The number of thiazole rings is 2. The molecule has 2 heterocycles. The van der Waals surface area contributed by atoms with Crippen LogP contribution in [0.15, 0.2) is 59.3 Å². The minimum absolute atomic E-state index is 0.0179. The molecule has 0 bridgehead atoms. The van der Waals surface area contributed by atoms with Gasteiger partial charge in [-0.3, -0.25) is 14.9 Å². The number of anilines is 2. The van der Waals surface area contributed by atoms with E-state index >= 15 is 0 Å². The quantitative estimate of drug-likeness (QED) is 0.358. The number of aromatic nitrogens is 2. The fourth-order valence-corrected chi connectivity index (χ4v) is 4.38. The number of rotatable bonds is 8. The van der Waals surface area contributed by atoms with Crippen LogP contribution in [0.1, 0.15) is 23.0 Å². The van der Waals surface area contributed by atoms with Gasteiger partial charge in [0.2, 0.25) is 5.91 Å². The van der Waals surface area contributed by atoms with Gasteiger partial charge in [-0.1, -0.05) is 12.1 Å². The lowest BCUT2D eigenvalue weighted by atomic mass is 10.2. The highest BCUT2D eigenvalue weighted by atomic mass is 32.1. The molecule has 7 nitrogen and oxygen atoms in total. The highest BCUT2D eigenvalue weighted by Gasteiger charge is 2.15. The van der Waals surface area contributed by atoms with Crippen LogP contribution in [0.25, 0.3) is 11.3 Å². The Hall–Kier alpha value is -3.63. The number of hydrogen-bond acceptors (Lipinski definition) is 7. The average molecular weight is 483 g/mol. The largest absolute Gasteiger partial charge is 0.494 e. The molecule has 0 aliphatic carbocycles. The Kier molecular flexibility index (Phi) is 7.06. The molecule has 2 aromatic carbocycles. The molecule has 0 radical (unpaired) electrons. The Labute approximate surface area is 197 Å². The van der Waals surface area contributed by atoms with Crippen LogP contribution < -0.4 is 15.4 Å². The third kappa shape index (κ3) is 5.79. The summed E-state index contributed by atoms with van der Waals surface area (Å²) in [5.41, 5.74) is 2.10. The molecule has 2 amide bonds. The van der Waals surface area contributed by atoms with E-state index in [1.165, 1.54) is 29.5 Å². The summed E-state index contributed by atoms with van der Waals surface area (Å²) in [7, 11) is 0. The maximum atomic E-state index is 13.7. The molecular formula is C23H19FN4O3S2. The molecule has 0 fully saturated rings. The Morgan fingerprint density at radius 1 is 0.970 bits per heavy atom. The van der Waals surface area contributed by atoms with E-state index in [1.54, 1.807) is 11.4 Å². The van der Waals surface area contributed by atoms with Gasteiger partial charge in [-0.15, -0.1) is 22.7 Å². The first-order chi connectivity index (χ1) is 16.0. The second-order valence-corrected chi connectivity index (χ2v) is 8.51. The molecule has 0 saturated heterocycles. The molecule has 4 aromatic rings. The van der Waals surface area contributed by atoms with Crippen LogP contribution >= 0.6 is 22.7 Å². The van der Waals surface area contributed by atoms with Crippen molar-refractivity contribution in [2.75, 3.05) is 17.2 Å². The van der Waals surface area contributed by atoms with Gasteiger partial charge in [-0.25, -0.2) is 14.4 Å². The third-order valence-corrected chi connectivity index (χ3v) is 6.01. The molecule has 168 valence electrons. The van der Waals surface area contributed by atoms with Crippen LogP contribution in [-0.2, 0) is 11.2 Å². The molecule has 0 unspecified atom stereocenters. The lowest BCUT2D eigenvalue weighted by Gasteiger charge is -2.03. The number of halogens is 1. The van der Waals surface area contributed by atoms with Crippen molar-refractivity contribution in [1.29, 1.82) is 0 Å². The monoisotopic (exact) mass is 482 g/mol. The summed E-state index contributed by atoms with van der Waals surface area (Å²) in [4.78, 5) is 33.3. The van der Waals surface area contributed by atoms with E-state index in [9.17, 15) is 14.0 Å². The Morgan fingerprint density at radius 2 is 1.70 bits per heavy atom. The zero-order valence-corrected chi connectivity index (χ0v) is 19.1. The van der Waals surface area contributed by atoms with E-state index in [0.29, 0.717) is 17.4 Å². The summed E-state index contributed by atoms with van der Waals surface area (Å²) < 4.78 is 19.2. The number of carbonyl (C=O) groups is 2. The van der Waals surface area contributed by atoms with Crippen LogP contribution in [0.5, 0.6) is 5.75 Å². The summed E-state index contributed by atoms with van der Waals surface area (Å²) >= 11 is 2.49. The minimum Gasteiger partial charge on any atom is -0.494 e. The van der Waals surface area contributed by atoms with E-state index in [-0.39, 0.29) is 23.0 Å². The van der Waals surface area contributed by atoms with Gasteiger partial charge in [0, 0.05) is 16.3 Å². The standard InChI is InChI=1S/C23H19FN4O3S2/c1-2-31-16-9-7-14(8-10-16)19-13-33-23(26-19)27-20(29)11-15-12-32-22(25-15)28-21(30)17-5-3-4-6-18(17)24/h3-10,12-13H,2,11H2,1H3,(H,25,28,30)(H,26,27,29). The van der Waals surface area contributed by atoms with Gasteiger partial charge in [0.25, 0.3) is 5.91 Å². The molecule has 0 spiro atoms. The Morgan fingerprint density at radius 3 is 2.45 bits per heavy atom. The number of hydrogen-bond donors (Lipinski definition) is 2. The van der Waals surface area contributed by atoms with E-state index in [0.717, 1.165) is 28.3 Å². The van der Waals surface area contributed by atoms with Crippen molar-refractivity contribution in [3.8, 4) is 17.0 Å². The molecule has 0 aliphatic heterocycles. The van der Waals surface area contributed by atoms with E-state index in [4.69, 9.17) is 4.74 Å². The molecule has 0 atom stereocenters. The first kappa shape index (κ1) is 22.6. The zero-order valence-electron chi connectivity index (χ0n) is 17.5. The number of carbonyl (C=O) groups excluding carboxylic acids is 2. The van der Waals surface area contributed by atoms with Gasteiger partial charge in [-0.2, -0.15) is 0 Å². The van der Waals surface area contributed by atoms with Crippen molar-refractivity contribution in [2.24, 2.45) is 0 Å². The van der Waals surface area contributed by atoms with Gasteiger partial charge in [0.1, 0.15) is 11.6 Å². The number of ether oxygens (including phenoxy) is 1. The summed E-state index contributed by atoms with van der Waals surface area (Å²) in [6, 6.07) is 13.3. The highest BCUT2D eigenvalue weighted by Crippen LogP contribution is 2.27. The molecule has 10 heteroatoms. The maximum absolute atomic E-state index is 13.7. The highest BCUT2D eigenvalue weighted by molar-refractivity contribution is 7.14. The molecule has 0 aliphatic rings. The SMILES string of the molecule is CCOc1ccc(-c2csc(NC(=O)Cc3csc(NC(=O)c4ccccc4F)n3)n2)cc1. The van der Waals surface area contributed by atoms with E-state index in [1.807, 2.05) is 36.6 Å². The van der Waals surface area contributed by atoms with Crippen molar-refractivity contribution in [2.45, 2.75) is 13.3 Å². The topological polar surface area (TPSA) is 93.2 Å². The first-order valence-corrected chi connectivity index (χ1v) is 11.8. The molecule has 2 N–H and O–H groups in total. The van der Waals surface area contributed by atoms with Crippen molar-refractivity contribution < 1.29 is 18.7 Å². The lowest BCUT2D eigenvalue weighted by Crippen LogP contribution is -2.15. The van der Waals surface area contributed by atoms with Gasteiger partial charge in [0.05, 0.1) is 30.0 Å². The first-order valence-electron chi connectivity index (χ1n) is 10.0. The Balaban J connectivity index is 1.33. The van der Waals surface area contributed by atoms with Crippen LogP contribution in [0.3, 0.4) is 0 Å². The van der Waals surface area contributed by atoms with Crippen molar-refractivity contribution in [3.63, 3.8) is 0 Å². The van der Waals surface area contributed by atoms with Crippen molar-refractivity contribution >= 4 is 44.8 Å². The lowest BCUT2D eigenvalue weighted by molar-refractivity contribution is -0.115. The molecule has 0 saturated carbocycles. The van der Waals surface area contributed by atoms with Crippen molar-refractivity contribution in [1.82, 2.24) is 9.97 Å².